The van der Waals surface area contributed by atoms with E-state index in [-0.39, 0.29) is 18.0 Å². The summed E-state index contributed by atoms with van der Waals surface area (Å²) in [5.74, 6) is 1.57. The van der Waals surface area contributed by atoms with Gasteiger partial charge in [0.05, 0.1) is 20.3 Å². The molecule has 1 heterocycles. The van der Waals surface area contributed by atoms with E-state index < -0.39 is 0 Å². The Morgan fingerprint density at radius 3 is 2.23 bits per heavy atom. The van der Waals surface area contributed by atoms with Crippen molar-refractivity contribution < 1.29 is 14.3 Å². The molecule has 2 N–H and O–H groups in total. The first-order valence-corrected chi connectivity index (χ1v) is 9.00. The minimum Gasteiger partial charge on any atom is -0.497 e. The highest BCUT2D eigenvalue weighted by atomic mass is 16.5. The molecule has 5 nitrogen and oxygen atoms in total. The fraction of sp³-hybridized carbons (Fsp3) is 0.381. The monoisotopic (exact) mass is 354 g/mol. The number of hydrogen-bond acceptors (Lipinski definition) is 4. The summed E-state index contributed by atoms with van der Waals surface area (Å²) in [6.07, 6.45) is 2.67. The van der Waals surface area contributed by atoms with Gasteiger partial charge in [0.15, 0.2) is 0 Å². The molecule has 0 aromatic heterocycles. The molecule has 26 heavy (non-hydrogen) atoms. The van der Waals surface area contributed by atoms with Gasteiger partial charge in [0.2, 0.25) is 5.91 Å². The number of ether oxygens (including phenoxy) is 2. The van der Waals surface area contributed by atoms with Crippen LogP contribution in [0, 0.1) is 0 Å². The van der Waals surface area contributed by atoms with Gasteiger partial charge in [-0.15, -0.1) is 0 Å². The lowest BCUT2D eigenvalue weighted by Crippen LogP contribution is -2.34. The van der Waals surface area contributed by atoms with Crippen LogP contribution >= 0.6 is 0 Å². The van der Waals surface area contributed by atoms with Crippen LogP contribution in [0.15, 0.2) is 48.5 Å². The third-order valence-electron chi connectivity index (χ3n) is 4.75. The van der Waals surface area contributed by atoms with Crippen molar-refractivity contribution in [2.75, 3.05) is 20.8 Å². The van der Waals surface area contributed by atoms with Gasteiger partial charge < -0.3 is 20.1 Å². The van der Waals surface area contributed by atoms with Gasteiger partial charge in [0, 0.05) is 12.5 Å². The Morgan fingerprint density at radius 2 is 1.73 bits per heavy atom. The normalized spacial score (nSPS) is 16.5. The lowest BCUT2D eigenvalue weighted by molar-refractivity contribution is -0.122. The van der Waals surface area contributed by atoms with E-state index in [1.807, 2.05) is 48.5 Å². The molecule has 0 saturated carbocycles. The van der Waals surface area contributed by atoms with Crippen molar-refractivity contribution in [3.05, 3.63) is 59.7 Å². The van der Waals surface area contributed by atoms with Crippen LogP contribution in [-0.4, -0.2) is 32.7 Å². The topological polar surface area (TPSA) is 59.6 Å². The largest absolute Gasteiger partial charge is 0.497 e. The Labute approximate surface area is 154 Å². The minimum absolute atomic E-state index is 0.0417. The molecule has 0 bridgehead atoms. The molecule has 2 aromatic carbocycles. The SMILES string of the molecule is COc1cccc(C(NC(=O)CC2CCCN2)c2cccc(OC)c2)c1. The van der Waals surface area contributed by atoms with Crippen molar-refractivity contribution in [2.45, 2.75) is 31.3 Å². The second kappa shape index (κ2) is 8.72. The van der Waals surface area contributed by atoms with Crippen molar-refractivity contribution in [3.8, 4) is 11.5 Å². The molecule has 1 atom stereocenters. The average molecular weight is 354 g/mol. The number of rotatable bonds is 7. The molecule has 1 unspecified atom stereocenters. The standard InChI is InChI=1S/C21H26N2O3/c1-25-18-9-3-6-15(12-18)21(16-7-4-10-19(13-16)26-2)23-20(24)14-17-8-5-11-22-17/h3-4,6-7,9-10,12-13,17,21-22H,5,8,11,14H2,1-2H3,(H,23,24). The molecule has 138 valence electrons. The maximum absolute atomic E-state index is 12.7. The summed E-state index contributed by atoms with van der Waals surface area (Å²) >= 11 is 0. The molecular weight excluding hydrogens is 328 g/mol. The predicted molar refractivity (Wildman–Crippen MR) is 102 cm³/mol. The number of carbonyl (C=O) groups is 1. The molecular formula is C21H26N2O3. The summed E-state index contributed by atoms with van der Waals surface area (Å²) in [4.78, 5) is 12.7. The molecule has 2 aromatic rings. The van der Waals surface area contributed by atoms with E-state index in [0.29, 0.717) is 6.42 Å². The average Bonchev–Trinajstić information content (AvgIpc) is 3.19. The Morgan fingerprint density at radius 1 is 1.12 bits per heavy atom. The Hall–Kier alpha value is -2.53. The van der Waals surface area contributed by atoms with Crippen LogP contribution in [0.1, 0.15) is 36.4 Å². The predicted octanol–water partition coefficient (Wildman–Crippen LogP) is 3.05. The number of hydrogen-bond donors (Lipinski definition) is 2. The van der Waals surface area contributed by atoms with Gasteiger partial charge in [-0.2, -0.15) is 0 Å². The van der Waals surface area contributed by atoms with Gasteiger partial charge >= 0.3 is 0 Å². The maximum atomic E-state index is 12.7. The Balaban J connectivity index is 1.85. The molecule has 0 aliphatic carbocycles. The quantitative estimate of drug-likeness (QED) is 0.802. The highest BCUT2D eigenvalue weighted by molar-refractivity contribution is 5.77. The van der Waals surface area contributed by atoms with Crippen molar-refractivity contribution in [1.82, 2.24) is 10.6 Å². The molecule has 1 aliphatic rings. The summed E-state index contributed by atoms with van der Waals surface area (Å²) in [6, 6.07) is 15.6. The molecule has 1 fully saturated rings. The van der Waals surface area contributed by atoms with Gasteiger partial charge in [-0.3, -0.25) is 4.79 Å². The lowest BCUT2D eigenvalue weighted by Gasteiger charge is -2.22. The molecule has 1 amide bonds. The summed E-state index contributed by atoms with van der Waals surface area (Å²) in [5, 5.41) is 6.57. The molecule has 1 saturated heterocycles. The first-order chi connectivity index (χ1) is 12.7. The highest BCUT2D eigenvalue weighted by Crippen LogP contribution is 2.28. The Bertz CT molecular complexity index is 694. The zero-order valence-corrected chi connectivity index (χ0v) is 15.3. The molecule has 0 spiro atoms. The first kappa shape index (κ1) is 18.3. The first-order valence-electron chi connectivity index (χ1n) is 9.00. The van der Waals surface area contributed by atoms with E-state index in [9.17, 15) is 4.79 Å². The van der Waals surface area contributed by atoms with Gasteiger partial charge in [-0.05, 0) is 54.8 Å². The lowest BCUT2D eigenvalue weighted by atomic mass is 9.97. The third-order valence-corrected chi connectivity index (χ3v) is 4.75. The van der Waals surface area contributed by atoms with Gasteiger partial charge in [-0.1, -0.05) is 24.3 Å². The van der Waals surface area contributed by atoms with E-state index in [1.54, 1.807) is 14.2 Å². The minimum atomic E-state index is -0.255. The van der Waals surface area contributed by atoms with E-state index in [0.717, 1.165) is 42.0 Å². The van der Waals surface area contributed by atoms with E-state index in [2.05, 4.69) is 10.6 Å². The summed E-state index contributed by atoms with van der Waals surface area (Å²) in [7, 11) is 3.29. The smallest absolute Gasteiger partial charge is 0.222 e. The zero-order valence-electron chi connectivity index (χ0n) is 15.3. The van der Waals surface area contributed by atoms with Crippen LogP contribution in [0.4, 0.5) is 0 Å². The Kier molecular flexibility index (Phi) is 6.12. The van der Waals surface area contributed by atoms with E-state index >= 15 is 0 Å². The number of nitrogens with one attached hydrogen (secondary N) is 2. The molecule has 3 rings (SSSR count). The molecule has 1 aliphatic heterocycles. The van der Waals surface area contributed by atoms with Gasteiger partial charge in [-0.25, -0.2) is 0 Å². The van der Waals surface area contributed by atoms with Crippen molar-refractivity contribution in [3.63, 3.8) is 0 Å². The third kappa shape index (κ3) is 4.55. The van der Waals surface area contributed by atoms with Crippen LogP contribution in [0.25, 0.3) is 0 Å². The number of amides is 1. The van der Waals surface area contributed by atoms with Crippen molar-refractivity contribution in [1.29, 1.82) is 0 Å². The van der Waals surface area contributed by atoms with Crippen LogP contribution in [0.2, 0.25) is 0 Å². The van der Waals surface area contributed by atoms with Crippen molar-refractivity contribution in [2.24, 2.45) is 0 Å². The van der Waals surface area contributed by atoms with Gasteiger partial charge in [0.1, 0.15) is 11.5 Å². The van der Waals surface area contributed by atoms with Crippen LogP contribution in [0.5, 0.6) is 11.5 Å². The maximum Gasteiger partial charge on any atom is 0.222 e. The van der Waals surface area contributed by atoms with E-state index in [4.69, 9.17) is 9.47 Å². The van der Waals surface area contributed by atoms with E-state index in [1.165, 1.54) is 0 Å². The van der Waals surface area contributed by atoms with Crippen LogP contribution in [0.3, 0.4) is 0 Å². The fourth-order valence-corrected chi connectivity index (χ4v) is 3.38. The van der Waals surface area contributed by atoms with Crippen molar-refractivity contribution >= 4 is 5.91 Å². The summed E-state index contributed by atoms with van der Waals surface area (Å²) in [5.41, 5.74) is 1.95. The molecule has 0 radical (unpaired) electrons. The van der Waals surface area contributed by atoms with Crippen LogP contribution < -0.4 is 20.1 Å². The molecule has 5 heteroatoms. The number of carbonyl (C=O) groups excluding carboxylic acids is 1. The fourth-order valence-electron chi connectivity index (χ4n) is 3.38. The highest BCUT2D eigenvalue weighted by Gasteiger charge is 2.22. The van der Waals surface area contributed by atoms with Gasteiger partial charge in [0.25, 0.3) is 0 Å². The second-order valence-electron chi connectivity index (χ2n) is 6.55. The summed E-state index contributed by atoms with van der Waals surface area (Å²) < 4.78 is 10.7. The number of benzene rings is 2. The number of methoxy groups -OCH3 is 2. The zero-order chi connectivity index (χ0) is 18.4. The summed E-state index contributed by atoms with van der Waals surface area (Å²) in [6.45, 7) is 0.993. The van der Waals surface area contributed by atoms with Crippen LogP contribution in [-0.2, 0) is 4.79 Å². The second-order valence-corrected chi connectivity index (χ2v) is 6.55.